The van der Waals surface area contributed by atoms with Gasteiger partial charge in [0.05, 0.1) is 31.0 Å². The van der Waals surface area contributed by atoms with Gasteiger partial charge in [0, 0.05) is 24.2 Å². The molecule has 1 saturated heterocycles. The fourth-order valence-corrected chi connectivity index (χ4v) is 3.96. The highest BCUT2D eigenvalue weighted by Gasteiger charge is 2.32. The number of likely N-dealkylation sites (tertiary alicyclic amines) is 1. The molecule has 4 rings (SSSR count). The number of carbonyl (C=O) groups excluding carboxylic acids is 1. The van der Waals surface area contributed by atoms with E-state index in [1.807, 2.05) is 52.0 Å². The third-order valence-electron chi connectivity index (χ3n) is 5.56. The predicted octanol–water partition coefficient (Wildman–Crippen LogP) is 3.94. The van der Waals surface area contributed by atoms with Crippen LogP contribution in [-0.2, 0) is 16.6 Å². The average molecular weight is 393 g/mol. The molecule has 0 saturated carbocycles. The minimum Gasteiger partial charge on any atom is -0.497 e. The number of fused-ring (bicyclic) bond motifs is 1. The Labute approximate surface area is 171 Å². The first-order chi connectivity index (χ1) is 13.9. The minimum atomic E-state index is -0.0531. The molecule has 1 atom stereocenters. The Morgan fingerprint density at radius 3 is 2.83 bits per heavy atom. The van der Waals surface area contributed by atoms with Crippen LogP contribution in [-0.4, -0.2) is 39.1 Å². The summed E-state index contributed by atoms with van der Waals surface area (Å²) in [4.78, 5) is 19.6. The summed E-state index contributed by atoms with van der Waals surface area (Å²) >= 11 is 0. The van der Waals surface area contributed by atoms with Gasteiger partial charge in [-0.1, -0.05) is 32.9 Å². The molecule has 0 bridgehead atoms. The van der Waals surface area contributed by atoms with Crippen LogP contribution in [0.5, 0.6) is 5.75 Å². The lowest BCUT2D eigenvalue weighted by Gasteiger charge is -2.25. The highest BCUT2D eigenvalue weighted by atomic mass is 16.5. The van der Waals surface area contributed by atoms with Crippen molar-refractivity contribution in [2.24, 2.45) is 0 Å². The molecule has 1 fully saturated rings. The van der Waals surface area contributed by atoms with Gasteiger partial charge >= 0.3 is 0 Å². The standard InChI is InChI=1S/C23H28N4O2/c1-23(2,3)20-15-21-24-11-10-19(27(21)25-20)18-9-6-12-26(18)22(28)14-16-7-5-8-17(13-16)29-4/h5,7-8,10-11,13,15,18H,6,9,12,14H2,1-4H3/t18-/m0/s1. The van der Waals surface area contributed by atoms with Gasteiger partial charge in [-0.05, 0) is 36.6 Å². The number of hydrogen-bond acceptors (Lipinski definition) is 4. The maximum atomic E-state index is 13.1. The number of hydrogen-bond donors (Lipinski definition) is 0. The van der Waals surface area contributed by atoms with Crippen molar-refractivity contribution in [2.75, 3.05) is 13.7 Å². The molecule has 6 heteroatoms. The SMILES string of the molecule is COc1cccc(CC(=O)N2CCC[C@H]2c2ccnc3cc(C(C)(C)C)nn23)c1. The van der Waals surface area contributed by atoms with Crippen LogP contribution in [0.4, 0.5) is 0 Å². The minimum absolute atomic E-state index is 0.0197. The summed E-state index contributed by atoms with van der Waals surface area (Å²) in [6.45, 7) is 7.21. The molecule has 0 aliphatic carbocycles. The van der Waals surface area contributed by atoms with Gasteiger partial charge < -0.3 is 9.64 Å². The van der Waals surface area contributed by atoms with E-state index in [1.54, 1.807) is 7.11 Å². The molecular weight excluding hydrogens is 364 g/mol. The van der Waals surface area contributed by atoms with E-state index in [4.69, 9.17) is 9.84 Å². The van der Waals surface area contributed by atoms with Crippen LogP contribution in [0.2, 0.25) is 0 Å². The van der Waals surface area contributed by atoms with Crippen molar-refractivity contribution in [1.29, 1.82) is 0 Å². The smallest absolute Gasteiger partial charge is 0.227 e. The molecule has 6 nitrogen and oxygen atoms in total. The Hall–Kier alpha value is -2.89. The van der Waals surface area contributed by atoms with E-state index < -0.39 is 0 Å². The molecular formula is C23H28N4O2. The van der Waals surface area contributed by atoms with Gasteiger partial charge in [0.25, 0.3) is 0 Å². The monoisotopic (exact) mass is 392 g/mol. The molecule has 3 aromatic rings. The number of carbonyl (C=O) groups is 1. The van der Waals surface area contributed by atoms with Crippen molar-refractivity contribution in [3.8, 4) is 5.75 Å². The second-order valence-electron chi connectivity index (χ2n) is 8.69. The topological polar surface area (TPSA) is 59.7 Å². The number of rotatable bonds is 4. The lowest BCUT2D eigenvalue weighted by Crippen LogP contribution is -2.32. The molecule has 0 radical (unpaired) electrons. The molecule has 1 aliphatic rings. The van der Waals surface area contributed by atoms with Gasteiger partial charge in [-0.25, -0.2) is 9.50 Å². The quantitative estimate of drug-likeness (QED) is 0.675. The van der Waals surface area contributed by atoms with E-state index in [2.05, 4.69) is 25.8 Å². The van der Waals surface area contributed by atoms with Gasteiger partial charge in [-0.3, -0.25) is 4.79 Å². The van der Waals surface area contributed by atoms with E-state index >= 15 is 0 Å². The summed E-state index contributed by atoms with van der Waals surface area (Å²) in [6.07, 6.45) is 4.12. The number of methoxy groups -OCH3 is 1. The first kappa shape index (κ1) is 19.4. The zero-order valence-corrected chi connectivity index (χ0v) is 17.6. The number of nitrogens with zero attached hydrogens (tertiary/aromatic N) is 4. The van der Waals surface area contributed by atoms with Gasteiger partial charge in [0.1, 0.15) is 5.75 Å². The zero-order valence-electron chi connectivity index (χ0n) is 17.6. The number of aromatic nitrogens is 3. The Balaban J connectivity index is 1.63. The number of ether oxygens (including phenoxy) is 1. The van der Waals surface area contributed by atoms with Crippen molar-refractivity contribution in [3.05, 3.63) is 59.5 Å². The maximum Gasteiger partial charge on any atom is 0.227 e. The molecule has 0 spiro atoms. The highest BCUT2D eigenvalue weighted by molar-refractivity contribution is 5.79. The van der Waals surface area contributed by atoms with E-state index in [0.717, 1.165) is 47.7 Å². The molecule has 152 valence electrons. The van der Waals surface area contributed by atoms with Crippen LogP contribution in [0.15, 0.2) is 42.6 Å². The van der Waals surface area contributed by atoms with Gasteiger partial charge in [0.15, 0.2) is 5.65 Å². The Bertz CT molecular complexity index is 1030. The van der Waals surface area contributed by atoms with Gasteiger partial charge in [-0.2, -0.15) is 5.10 Å². The molecule has 1 amide bonds. The average Bonchev–Trinajstić information content (AvgIpc) is 3.34. The molecule has 1 aromatic carbocycles. The lowest BCUT2D eigenvalue weighted by atomic mass is 9.93. The van der Waals surface area contributed by atoms with E-state index in [1.165, 1.54) is 0 Å². The molecule has 29 heavy (non-hydrogen) atoms. The van der Waals surface area contributed by atoms with E-state index in [0.29, 0.717) is 6.42 Å². The second kappa shape index (κ2) is 7.50. The summed E-state index contributed by atoms with van der Waals surface area (Å²) in [5, 5.41) is 4.83. The summed E-state index contributed by atoms with van der Waals surface area (Å²) in [7, 11) is 1.64. The van der Waals surface area contributed by atoms with Gasteiger partial charge in [-0.15, -0.1) is 0 Å². The normalized spacial score (nSPS) is 17.1. The molecule has 2 aromatic heterocycles. The molecule has 0 unspecified atom stereocenters. The summed E-state index contributed by atoms with van der Waals surface area (Å²) < 4.78 is 7.21. The Morgan fingerprint density at radius 1 is 1.24 bits per heavy atom. The lowest BCUT2D eigenvalue weighted by molar-refractivity contribution is -0.131. The van der Waals surface area contributed by atoms with E-state index in [-0.39, 0.29) is 17.4 Å². The van der Waals surface area contributed by atoms with Crippen molar-refractivity contribution < 1.29 is 9.53 Å². The van der Waals surface area contributed by atoms with Crippen LogP contribution in [0.3, 0.4) is 0 Å². The largest absolute Gasteiger partial charge is 0.497 e. The first-order valence-electron chi connectivity index (χ1n) is 10.1. The van der Waals surface area contributed by atoms with Crippen molar-refractivity contribution in [3.63, 3.8) is 0 Å². The number of benzene rings is 1. The first-order valence-corrected chi connectivity index (χ1v) is 10.1. The summed E-state index contributed by atoms with van der Waals surface area (Å²) in [5.41, 5.74) is 3.78. The van der Waals surface area contributed by atoms with Crippen LogP contribution < -0.4 is 4.74 Å². The zero-order chi connectivity index (χ0) is 20.6. The molecule has 1 aliphatic heterocycles. The molecule has 3 heterocycles. The summed E-state index contributed by atoms with van der Waals surface area (Å²) in [5.74, 6) is 0.907. The Kier molecular flexibility index (Phi) is 5.03. The summed E-state index contributed by atoms with van der Waals surface area (Å²) in [6, 6.07) is 11.8. The molecule has 0 N–H and O–H groups in total. The van der Waals surface area contributed by atoms with E-state index in [9.17, 15) is 4.79 Å². The van der Waals surface area contributed by atoms with Crippen LogP contribution >= 0.6 is 0 Å². The maximum absolute atomic E-state index is 13.1. The van der Waals surface area contributed by atoms with Gasteiger partial charge in [0.2, 0.25) is 5.91 Å². The van der Waals surface area contributed by atoms with Crippen LogP contribution in [0.1, 0.15) is 56.6 Å². The van der Waals surface area contributed by atoms with Crippen molar-refractivity contribution in [2.45, 2.75) is 51.5 Å². The second-order valence-corrected chi connectivity index (χ2v) is 8.69. The highest BCUT2D eigenvalue weighted by Crippen LogP contribution is 2.33. The third kappa shape index (κ3) is 3.84. The predicted molar refractivity (Wildman–Crippen MR) is 112 cm³/mol. The number of amides is 1. The van der Waals surface area contributed by atoms with Crippen LogP contribution in [0.25, 0.3) is 5.65 Å². The van der Waals surface area contributed by atoms with Crippen molar-refractivity contribution >= 4 is 11.6 Å². The van der Waals surface area contributed by atoms with Crippen molar-refractivity contribution in [1.82, 2.24) is 19.5 Å². The third-order valence-corrected chi connectivity index (χ3v) is 5.56. The Morgan fingerprint density at radius 2 is 2.07 bits per heavy atom. The van der Waals surface area contributed by atoms with Crippen LogP contribution in [0, 0.1) is 0 Å². The fraction of sp³-hybridized carbons (Fsp3) is 0.435. The fourth-order valence-electron chi connectivity index (χ4n) is 3.96.